The molecule has 242 valence electrons. The Balaban J connectivity index is 1.14. The van der Waals surface area contributed by atoms with Crippen LogP contribution in [-0.2, 0) is 24.4 Å². The molecule has 0 radical (unpaired) electrons. The maximum absolute atomic E-state index is 13.7. The van der Waals surface area contributed by atoms with E-state index >= 15 is 0 Å². The number of aliphatic hydroxyl groups excluding tert-OH is 1. The second-order valence-electron chi connectivity index (χ2n) is 12.9. The first-order valence-electron chi connectivity index (χ1n) is 16.7. The van der Waals surface area contributed by atoms with Crippen molar-refractivity contribution < 1.29 is 19.1 Å². The number of fused-ring (bicyclic) bond motifs is 1. The molecule has 1 aromatic heterocycles. The van der Waals surface area contributed by atoms with Crippen LogP contribution in [0.5, 0.6) is 5.75 Å². The van der Waals surface area contributed by atoms with E-state index in [-0.39, 0.29) is 30.5 Å². The van der Waals surface area contributed by atoms with Gasteiger partial charge >= 0.3 is 0 Å². The second kappa shape index (κ2) is 15.4. The third kappa shape index (κ3) is 8.20. The summed E-state index contributed by atoms with van der Waals surface area (Å²) in [5.41, 5.74) is 3.36. The van der Waals surface area contributed by atoms with Gasteiger partial charge < -0.3 is 24.5 Å². The summed E-state index contributed by atoms with van der Waals surface area (Å²) in [7, 11) is 2.09. The quantitative estimate of drug-likeness (QED) is 0.295. The summed E-state index contributed by atoms with van der Waals surface area (Å²) in [4.78, 5) is 27.5. The Hall–Kier alpha value is -2.95. The third-order valence-corrected chi connectivity index (χ3v) is 9.55. The highest BCUT2D eigenvalue weighted by Gasteiger charge is 2.40. The van der Waals surface area contributed by atoms with Gasteiger partial charge in [0.2, 0.25) is 5.91 Å². The summed E-state index contributed by atoms with van der Waals surface area (Å²) < 4.78 is 11.3. The van der Waals surface area contributed by atoms with E-state index in [1.165, 1.54) is 36.8 Å². The number of aliphatic hydroxyl groups is 1. The van der Waals surface area contributed by atoms with E-state index in [1.54, 1.807) is 0 Å². The number of benzene rings is 1. The predicted octanol–water partition coefficient (Wildman–Crippen LogP) is 4.04. The number of carbonyl (C=O) groups is 1. The van der Waals surface area contributed by atoms with Crippen LogP contribution in [0.25, 0.3) is 0 Å². The van der Waals surface area contributed by atoms with Crippen molar-refractivity contribution in [2.75, 3.05) is 33.2 Å². The van der Waals surface area contributed by atoms with E-state index in [0.717, 1.165) is 68.4 Å². The van der Waals surface area contributed by atoms with Crippen molar-refractivity contribution in [2.45, 2.75) is 104 Å². The van der Waals surface area contributed by atoms with Crippen molar-refractivity contribution in [1.29, 1.82) is 0 Å². The van der Waals surface area contributed by atoms with Crippen molar-refractivity contribution in [3.63, 3.8) is 0 Å². The number of nitrogens with zero attached hydrogens (tertiary/aromatic N) is 4. The van der Waals surface area contributed by atoms with Crippen LogP contribution >= 0.6 is 0 Å². The van der Waals surface area contributed by atoms with E-state index in [2.05, 4.69) is 58.4 Å². The topological polar surface area (TPSA) is 115 Å². The molecule has 3 N–H and O–H groups in total. The molecule has 3 unspecified atom stereocenters. The molecule has 1 aliphatic carbocycles. The number of aryl methyl sites for hydroxylation is 1. The van der Waals surface area contributed by atoms with Gasteiger partial charge in [0.1, 0.15) is 24.4 Å². The average molecular weight is 609 g/mol. The molecule has 0 bridgehead atoms. The van der Waals surface area contributed by atoms with Gasteiger partial charge in [-0.25, -0.2) is 4.98 Å². The van der Waals surface area contributed by atoms with Crippen LogP contribution in [0.1, 0.15) is 81.4 Å². The molecule has 10 heteroatoms. The Labute approximate surface area is 262 Å². The summed E-state index contributed by atoms with van der Waals surface area (Å²) in [6, 6.07) is 6.71. The molecule has 1 amide bonds. The van der Waals surface area contributed by atoms with Gasteiger partial charge in [-0.3, -0.25) is 20.0 Å². The number of aliphatic imine (C=N–C) groups is 1. The first-order valence-corrected chi connectivity index (χ1v) is 16.7. The maximum atomic E-state index is 13.7. The van der Waals surface area contributed by atoms with Gasteiger partial charge in [0.25, 0.3) is 0 Å². The molecule has 4 atom stereocenters. The number of aromatic nitrogens is 1. The Morgan fingerprint density at radius 1 is 1.25 bits per heavy atom. The third-order valence-electron chi connectivity index (χ3n) is 9.55. The Kier molecular flexibility index (Phi) is 11.3. The monoisotopic (exact) mass is 608 g/mol. The summed E-state index contributed by atoms with van der Waals surface area (Å²) in [5, 5.41) is 17.9. The van der Waals surface area contributed by atoms with Gasteiger partial charge in [-0.2, -0.15) is 0 Å². The number of oxazole rings is 1. The number of carbonyl (C=O) groups excluding carboxylic acids is 1. The molecule has 44 heavy (non-hydrogen) atoms. The highest BCUT2D eigenvalue weighted by atomic mass is 16.5. The molecule has 5 rings (SSSR count). The minimum Gasteiger partial charge on any atom is -0.486 e. The van der Waals surface area contributed by atoms with E-state index in [0.29, 0.717) is 25.6 Å². The minimum atomic E-state index is -0.638. The van der Waals surface area contributed by atoms with Crippen molar-refractivity contribution in [3.8, 4) is 5.75 Å². The second-order valence-corrected chi connectivity index (χ2v) is 12.9. The van der Waals surface area contributed by atoms with Crippen LogP contribution in [0.4, 0.5) is 0 Å². The number of hydrogen-bond donors (Lipinski definition) is 3. The van der Waals surface area contributed by atoms with Crippen molar-refractivity contribution in [2.24, 2.45) is 16.8 Å². The fourth-order valence-corrected chi connectivity index (χ4v) is 6.71. The summed E-state index contributed by atoms with van der Waals surface area (Å²) in [5.74, 6) is 2.62. The minimum absolute atomic E-state index is 0.0328. The molecule has 1 fully saturated rings. The largest absolute Gasteiger partial charge is 0.486 e. The van der Waals surface area contributed by atoms with Crippen LogP contribution in [0.3, 0.4) is 0 Å². The smallest absolute Gasteiger partial charge is 0.224 e. The summed E-state index contributed by atoms with van der Waals surface area (Å²) in [6.45, 7) is 9.93. The molecule has 3 aliphatic rings. The normalized spacial score (nSPS) is 22.9. The fourth-order valence-electron chi connectivity index (χ4n) is 6.71. The van der Waals surface area contributed by atoms with Crippen LogP contribution in [0.2, 0.25) is 0 Å². The van der Waals surface area contributed by atoms with Crippen LogP contribution in [0.15, 0.2) is 34.0 Å². The molecule has 1 saturated carbocycles. The van der Waals surface area contributed by atoms with Crippen LogP contribution < -0.4 is 15.4 Å². The van der Waals surface area contributed by atoms with E-state index in [4.69, 9.17) is 14.1 Å². The SMILES string of the molecule is CCCC1C(NC2CCC2)N=C(N(C)CCC)CC1C(=O)NC[C@H](O)CN1CCc2cc(OCc3ocnc3C)ccc2C1. The lowest BCUT2D eigenvalue weighted by molar-refractivity contribution is -0.128. The van der Waals surface area contributed by atoms with Gasteiger partial charge in [-0.15, -0.1) is 0 Å². The number of amides is 1. The lowest BCUT2D eigenvalue weighted by Crippen LogP contribution is -2.54. The standard InChI is InChI=1S/C34H52N6O4/c1-5-8-29-30(17-32(39(4)14-6-2)38-33(29)37-26-9-7-10-26)34(42)35-18-27(41)20-40-15-13-24-16-28(12-11-25(24)19-40)43-21-31-23(3)36-22-44-31/h11-12,16,22,26-27,29-30,33,37,41H,5-10,13-15,17-21H2,1-4H3,(H,35,42)/t27-,29?,30?,33?/m0/s1. The van der Waals surface area contributed by atoms with Gasteiger partial charge in [0, 0.05) is 58.2 Å². The summed E-state index contributed by atoms with van der Waals surface area (Å²) in [6.07, 6.45) is 8.96. The van der Waals surface area contributed by atoms with Crippen LogP contribution in [-0.4, -0.2) is 83.2 Å². The molecule has 3 heterocycles. The lowest BCUT2D eigenvalue weighted by Gasteiger charge is -2.41. The molecule has 0 spiro atoms. The van der Waals surface area contributed by atoms with Crippen molar-refractivity contribution >= 4 is 11.7 Å². The van der Waals surface area contributed by atoms with E-state index in [1.807, 2.05) is 13.0 Å². The molecule has 2 aromatic rings. The zero-order valence-corrected chi connectivity index (χ0v) is 27.1. The molecule has 10 nitrogen and oxygen atoms in total. The van der Waals surface area contributed by atoms with E-state index < -0.39 is 6.10 Å². The zero-order valence-electron chi connectivity index (χ0n) is 27.1. The maximum Gasteiger partial charge on any atom is 0.224 e. The lowest BCUT2D eigenvalue weighted by atomic mass is 9.79. The highest BCUT2D eigenvalue weighted by molar-refractivity contribution is 5.90. The zero-order chi connectivity index (χ0) is 31.1. The number of hydrogen-bond acceptors (Lipinski definition) is 9. The van der Waals surface area contributed by atoms with Gasteiger partial charge in [-0.05, 0) is 62.3 Å². The van der Waals surface area contributed by atoms with Gasteiger partial charge in [0.15, 0.2) is 12.2 Å². The number of rotatable bonds is 14. The molecule has 2 aliphatic heterocycles. The summed E-state index contributed by atoms with van der Waals surface area (Å²) >= 11 is 0. The van der Waals surface area contributed by atoms with Crippen molar-refractivity contribution in [3.05, 3.63) is 47.2 Å². The molecular weight excluding hydrogens is 556 g/mol. The first-order chi connectivity index (χ1) is 21.3. The first kappa shape index (κ1) is 32.4. The molecule has 1 aromatic carbocycles. The Morgan fingerprint density at radius 3 is 2.80 bits per heavy atom. The molecule has 0 saturated heterocycles. The molecular formula is C34H52N6O4. The highest BCUT2D eigenvalue weighted by Crippen LogP contribution is 2.33. The van der Waals surface area contributed by atoms with Crippen molar-refractivity contribution in [1.82, 2.24) is 25.4 Å². The number of amidine groups is 1. The number of β-amino-alcohol motifs (C(OH)–C–C–N with tert-alkyl or cyclic N) is 1. The van der Waals surface area contributed by atoms with E-state index in [9.17, 15) is 9.90 Å². The fraction of sp³-hybridized carbons (Fsp3) is 0.676. The van der Waals surface area contributed by atoms with Crippen LogP contribution in [0, 0.1) is 18.8 Å². The van der Waals surface area contributed by atoms with Gasteiger partial charge in [0.05, 0.1) is 17.7 Å². The Bertz CT molecular complexity index is 1260. The Morgan fingerprint density at radius 2 is 2.09 bits per heavy atom. The number of ether oxygens (including phenoxy) is 1. The predicted molar refractivity (Wildman–Crippen MR) is 171 cm³/mol. The number of nitrogens with one attached hydrogen (secondary N) is 2. The van der Waals surface area contributed by atoms with Gasteiger partial charge in [-0.1, -0.05) is 32.8 Å². The average Bonchev–Trinajstić information content (AvgIpc) is 3.41.